The maximum Gasteiger partial charge on any atom is 0.338 e. The maximum absolute atomic E-state index is 13.4. The molecule has 3 rings (SSSR count). The van der Waals surface area contributed by atoms with Crippen molar-refractivity contribution in [3.8, 4) is 0 Å². The van der Waals surface area contributed by atoms with E-state index in [1.165, 1.54) is 12.1 Å². The molecule has 1 aromatic rings. The molecule has 0 bridgehead atoms. The molecule has 162 valence electrons. The summed E-state index contributed by atoms with van der Waals surface area (Å²) in [5, 5.41) is 11.1. The molecule has 2 fully saturated rings. The van der Waals surface area contributed by atoms with Gasteiger partial charge in [0.15, 0.2) is 5.60 Å². The molecule has 1 saturated heterocycles. The molecule has 1 heterocycles. The predicted octanol–water partition coefficient (Wildman–Crippen LogP) is 4.60. The van der Waals surface area contributed by atoms with Crippen LogP contribution in [0.25, 0.3) is 5.57 Å². The number of halogens is 1. The number of nitrogens with two attached hydrogens (primary N) is 1. The fourth-order valence-corrected chi connectivity index (χ4v) is 5.27. The summed E-state index contributed by atoms with van der Waals surface area (Å²) < 4.78 is 18.8. The van der Waals surface area contributed by atoms with Gasteiger partial charge in [-0.3, -0.25) is 0 Å². The minimum Gasteiger partial charge on any atom is -0.460 e. The van der Waals surface area contributed by atoms with Crippen LogP contribution in [0, 0.1) is 29.5 Å². The first kappa shape index (κ1) is 22.3. The Morgan fingerprint density at radius 3 is 2.77 bits per heavy atom. The second-order valence-electron chi connectivity index (χ2n) is 8.78. The first-order valence-corrected chi connectivity index (χ1v) is 10.7. The van der Waals surface area contributed by atoms with Gasteiger partial charge in [0.2, 0.25) is 0 Å². The summed E-state index contributed by atoms with van der Waals surface area (Å²) in [6.07, 6.45) is 8.56. The van der Waals surface area contributed by atoms with Gasteiger partial charge in [-0.15, -0.1) is 0 Å². The Hall–Kier alpha value is -2.40. The number of benzene rings is 1. The number of hydrogen-bond acceptors (Lipinski definition) is 4. The van der Waals surface area contributed by atoms with Gasteiger partial charge in [0, 0.05) is 11.6 Å². The highest BCUT2D eigenvalue weighted by Gasteiger charge is 2.62. The molecule has 4 nitrogen and oxygen atoms in total. The highest BCUT2D eigenvalue weighted by Crippen LogP contribution is 2.52. The van der Waals surface area contributed by atoms with Crippen LogP contribution in [0.4, 0.5) is 4.39 Å². The largest absolute Gasteiger partial charge is 0.460 e. The SMILES string of the molecule is CCC1C(C)CC2(O)C(=O)OC(C)C2C1/C=C/C(N)=C/C=C(\C)c1cccc(F)c1. The van der Waals surface area contributed by atoms with Gasteiger partial charge in [0.1, 0.15) is 11.9 Å². The molecule has 0 spiro atoms. The van der Waals surface area contributed by atoms with Crippen LogP contribution < -0.4 is 5.73 Å². The Morgan fingerprint density at radius 2 is 2.10 bits per heavy atom. The third kappa shape index (κ3) is 4.22. The van der Waals surface area contributed by atoms with Crippen molar-refractivity contribution < 1.29 is 19.0 Å². The van der Waals surface area contributed by atoms with E-state index in [-0.39, 0.29) is 29.7 Å². The number of hydrogen-bond donors (Lipinski definition) is 2. The quantitative estimate of drug-likeness (QED) is 0.546. The Bertz CT molecular complexity index is 890. The molecule has 1 aliphatic heterocycles. The van der Waals surface area contributed by atoms with E-state index in [0.717, 1.165) is 17.6 Å². The predicted molar refractivity (Wildman–Crippen MR) is 117 cm³/mol. The Labute approximate surface area is 178 Å². The molecule has 5 heteroatoms. The first-order valence-electron chi connectivity index (χ1n) is 10.7. The van der Waals surface area contributed by atoms with Crippen molar-refractivity contribution in [1.82, 2.24) is 0 Å². The van der Waals surface area contributed by atoms with E-state index in [2.05, 4.69) is 13.8 Å². The summed E-state index contributed by atoms with van der Waals surface area (Å²) in [7, 11) is 0. The zero-order valence-electron chi connectivity index (χ0n) is 18.1. The average Bonchev–Trinajstić information content (AvgIpc) is 2.91. The Balaban J connectivity index is 1.83. The molecule has 3 N–H and O–H groups in total. The zero-order chi connectivity index (χ0) is 22.1. The summed E-state index contributed by atoms with van der Waals surface area (Å²) in [5.41, 5.74) is 7.03. The van der Waals surface area contributed by atoms with Crippen LogP contribution in [-0.2, 0) is 9.53 Å². The standard InChI is InChI=1S/C25H32FNO3/c1-5-21-16(3)14-25(29)23(17(4)30-24(25)28)22(21)12-11-20(27)10-9-15(2)18-7-6-8-19(26)13-18/h6-13,16-17,21-23,29H,5,14,27H2,1-4H3/b12-11+,15-9+,20-10-. The number of carbonyl (C=O) groups excluding carboxylic acids is 1. The van der Waals surface area contributed by atoms with Gasteiger partial charge in [-0.05, 0) is 73.4 Å². The average molecular weight is 414 g/mol. The lowest BCUT2D eigenvalue weighted by atomic mass is 9.59. The van der Waals surface area contributed by atoms with Crippen molar-refractivity contribution in [3.63, 3.8) is 0 Å². The fraction of sp³-hybridized carbons (Fsp3) is 0.480. The van der Waals surface area contributed by atoms with Crippen molar-refractivity contribution in [2.45, 2.75) is 52.2 Å². The first-order chi connectivity index (χ1) is 14.2. The van der Waals surface area contributed by atoms with Crippen LogP contribution in [-0.4, -0.2) is 22.8 Å². The number of allylic oxidation sites excluding steroid dienone is 5. The minimum absolute atomic E-state index is 0.00885. The van der Waals surface area contributed by atoms with Gasteiger partial charge in [-0.2, -0.15) is 0 Å². The third-order valence-electron chi connectivity index (χ3n) is 6.76. The topological polar surface area (TPSA) is 72.5 Å². The smallest absolute Gasteiger partial charge is 0.338 e. The van der Waals surface area contributed by atoms with Crippen LogP contribution in [0.3, 0.4) is 0 Å². The molecule has 2 aliphatic rings. The van der Waals surface area contributed by atoms with Crippen molar-refractivity contribution in [2.24, 2.45) is 29.4 Å². The number of esters is 1. The van der Waals surface area contributed by atoms with E-state index in [0.29, 0.717) is 18.0 Å². The van der Waals surface area contributed by atoms with Crippen molar-refractivity contribution in [1.29, 1.82) is 0 Å². The second kappa shape index (κ2) is 8.76. The van der Waals surface area contributed by atoms with Gasteiger partial charge in [0.05, 0.1) is 0 Å². The van der Waals surface area contributed by atoms with Crippen molar-refractivity contribution in [2.75, 3.05) is 0 Å². The van der Waals surface area contributed by atoms with Gasteiger partial charge in [-0.25, -0.2) is 9.18 Å². The number of fused-ring (bicyclic) bond motifs is 1. The van der Waals surface area contributed by atoms with Crippen LogP contribution in [0.15, 0.2) is 54.3 Å². The number of carbonyl (C=O) groups is 1. The highest BCUT2D eigenvalue weighted by atomic mass is 19.1. The lowest BCUT2D eigenvalue weighted by Gasteiger charge is -2.45. The van der Waals surface area contributed by atoms with Gasteiger partial charge in [0.25, 0.3) is 0 Å². The normalized spacial score (nSPS) is 34.9. The highest BCUT2D eigenvalue weighted by molar-refractivity contribution is 5.82. The molecular formula is C25H32FNO3. The molecule has 30 heavy (non-hydrogen) atoms. The maximum atomic E-state index is 13.4. The van der Waals surface area contributed by atoms with E-state index in [1.54, 1.807) is 12.1 Å². The van der Waals surface area contributed by atoms with Gasteiger partial charge >= 0.3 is 5.97 Å². The third-order valence-corrected chi connectivity index (χ3v) is 6.76. The van der Waals surface area contributed by atoms with Crippen molar-refractivity contribution >= 4 is 11.5 Å². The van der Waals surface area contributed by atoms with E-state index in [1.807, 2.05) is 38.1 Å². The number of aliphatic hydroxyl groups is 1. The summed E-state index contributed by atoms with van der Waals surface area (Å²) >= 11 is 0. The van der Waals surface area contributed by atoms with E-state index < -0.39 is 11.6 Å². The molecule has 0 amide bonds. The molecule has 1 aliphatic carbocycles. The van der Waals surface area contributed by atoms with Gasteiger partial charge in [-0.1, -0.05) is 44.6 Å². The van der Waals surface area contributed by atoms with Crippen LogP contribution in [0.1, 0.15) is 46.1 Å². The molecule has 6 atom stereocenters. The van der Waals surface area contributed by atoms with Crippen LogP contribution in [0.2, 0.25) is 0 Å². The lowest BCUT2D eigenvalue weighted by Crippen LogP contribution is -2.53. The summed E-state index contributed by atoms with van der Waals surface area (Å²) in [4.78, 5) is 12.3. The van der Waals surface area contributed by atoms with Crippen molar-refractivity contribution in [3.05, 3.63) is 65.6 Å². The molecule has 0 aromatic heterocycles. The van der Waals surface area contributed by atoms with Gasteiger partial charge < -0.3 is 15.6 Å². The summed E-state index contributed by atoms with van der Waals surface area (Å²) in [5.74, 6) is -0.531. The second-order valence-corrected chi connectivity index (χ2v) is 8.78. The molecule has 1 saturated carbocycles. The Morgan fingerprint density at radius 1 is 1.37 bits per heavy atom. The van der Waals surface area contributed by atoms with E-state index in [9.17, 15) is 14.3 Å². The van der Waals surface area contributed by atoms with E-state index in [4.69, 9.17) is 10.5 Å². The Kier molecular flexibility index (Phi) is 6.51. The number of ether oxygens (including phenoxy) is 1. The molecule has 1 aromatic carbocycles. The summed E-state index contributed by atoms with van der Waals surface area (Å²) in [6.45, 7) is 7.98. The van der Waals surface area contributed by atoms with Crippen LogP contribution >= 0.6 is 0 Å². The summed E-state index contributed by atoms with van der Waals surface area (Å²) in [6, 6.07) is 6.43. The number of cyclic esters (lactones) is 1. The lowest BCUT2D eigenvalue weighted by molar-refractivity contribution is -0.160. The zero-order valence-corrected chi connectivity index (χ0v) is 18.1. The minimum atomic E-state index is -1.42. The molecule has 6 unspecified atom stereocenters. The van der Waals surface area contributed by atoms with E-state index >= 15 is 0 Å². The number of rotatable bonds is 5. The monoisotopic (exact) mass is 413 g/mol. The fourth-order valence-electron chi connectivity index (χ4n) is 5.27. The molecule has 0 radical (unpaired) electrons. The molecular weight excluding hydrogens is 381 g/mol. The van der Waals surface area contributed by atoms with Crippen LogP contribution in [0.5, 0.6) is 0 Å².